The lowest BCUT2D eigenvalue weighted by Gasteiger charge is -2.23. The molecule has 0 aromatic carbocycles. The van der Waals surface area contributed by atoms with Gasteiger partial charge in [-0.25, -0.2) is 4.98 Å². The van der Waals surface area contributed by atoms with Gasteiger partial charge in [-0.3, -0.25) is 4.79 Å². The van der Waals surface area contributed by atoms with Crippen LogP contribution in [0.1, 0.15) is 16.8 Å². The van der Waals surface area contributed by atoms with Crippen LogP contribution in [0.15, 0.2) is 22.9 Å². The predicted molar refractivity (Wildman–Crippen MR) is 65.3 cm³/mol. The number of amides is 1. The van der Waals surface area contributed by atoms with Crippen LogP contribution in [-0.2, 0) is 0 Å². The van der Waals surface area contributed by atoms with Crippen LogP contribution < -0.4 is 5.32 Å². The molecule has 2 heterocycles. The quantitative estimate of drug-likeness (QED) is 0.832. The second kappa shape index (κ2) is 4.93. The molecule has 0 radical (unpaired) electrons. The summed E-state index contributed by atoms with van der Waals surface area (Å²) in [5, 5.41) is 3.25. The number of pyridine rings is 1. The molecule has 4 nitrogen and oxygen atoms in total. The van der Waals surface area contributed by atoms with Crippen LogP contribution in [0.4, 0.5) is 0 Å². The molecule has 1 saturated heterocycles. The van der Waals surface area contributed by atoms with Gasteiger partial charge in [0.05, 0.1) is 5.56 Å². The number of nitrogens with one attached hydrogen (secondary N) is 1. The second-order valence-corrected chi connectivity index (χ2v) is 4.74. The van der Waals surface area contributed by atoms with Gasteiger partial charge in [0, 0.05) is 25.8 Å². The molecule has 1 unspecified atom stereocenters. The van der Waals surface area contributed by atoms with E-state index in [0.717, 1.165) is 24.1 Å². The molecule has 1 fully saturated rings. The lowest BCUT2D eigenvalue weighted by molar-refractivity contribution is 0.0743. The largest absolute Gasteiger partial charge is 0.337 e. The van der Waals surface area contributed by atoms with Crippen LogP contribution >= 0.6 is 15.9 Å². The molecule has 1 aliphatic rings. The Labute approximate surface area is 103 Å². The monoisotopic (exact) mass is 283 g/mol. The summed E-state index contributed by atoms with van der Waals surface area (Å²) in [6, 6.07) is 3.88. The number of hydrogen-bond acceptors (Lipinski definition) is 3. The summed E-state index contributed by atoms with van der Waals surface area (Å²) in [5.41, 5.74) is 0.637. The maximum Gasteiger partial charge on any atom is 0.255 e. The van der Waals surface area contributed by atoms with Crippen molar-refractivity contribution in [2.24, 2.45) is 0 Å². The minimum absolute atomic E-state index is 0.0358. The Morgan fingerprint density at radius 1 is 1.62 bits per heavy atom. The number of carbonyl (C=O) groups excluding carboxylic acids is 1. The molecular weight excluding hydrogens is 270 g/mol. The van der Waals surface area contributed by atoms with E-state index in [1.165, 1.54) is 0 Å². The van der Waals surface area contributed by atoms with Gasteiger partial charge in [-0.1, -0.05) is 0 Å². The molecule has 0 spiro atoms. The van der Waals surface area contributed by atoms with E-state index in [1.54, 1.807) is 23.2 Å². The Morgan fingerprint density at radius 2 is 2.44 bits per heavy atom. The number of nitrogens with zero attached hydrogens (tertiary/aromatic N) is 2. The predicted octanol–water partition coefficient (Wildman–Crippen LogP) is 1.28. The number of halogens is 1. The highest BCUT2D eigenvalue weighted by molar-refractivity contribution is 9.10. The van der Waals surface area contributed by atoms with Gasteiger partial charge >= 0.3 is 0 Å². The molecule has 16 heavy (non-hydrogen) atoms. The zero-order chi connectivity index (χ0) is 11.5. The van der Waals surface area contributed by atoms with Crippen LogP contribution in [0.25, 0.3) is 0 Å². The Morgan fingerprint density at radius 3 is 3.00 bits per heavy atom. The van der Waals surface area contributed by atoms with Crippen molar-refractivity contribution in [2.45, 2.75) is 12.5 Å². The number of rotatable bonds is 2. The number of hydrogen-bond donors (Lipinski definition) is 1. The van der Waals surface area contributed by atoms with Gasteiger partial charge in [0.2, 0.25) is 0 Å². The smallest absolute Gasteiger partial charge is 0.255 e. The molecular formula is C11H14BrN3O. The van der Waals surface area contributed by atoms with E-state index in [1.807, 2.05) is 7.05 Å². The standard InChI is InChI=1S/C11H14BrN3O/c1-15(9-4-5-13-7-9)11(16)8-2-3-10(12)14-6-8/h2-3,6,9,13H,4-5,7H2,1H3. The van der Waals surface area contributed by atoms with E-state index in [2.05, 4.69) is 26.2 Å². The fourth-order valence-electron chi connectivity index (χ4n) is 1.84. The molecule has 0 saturated carbocycles. The number of aromatic nitrogens is 1. The van der Waals surface area contributed by atoms with Crippen LogP contribution in [0, 0.1) is 0 Å². The van der Waals surface area contributed by atoms with Gasteiger partial charge in [0.25, 0.3) is 5.91 Å². The Hall–Kier alpha value is -0.940. The second-order valence-electron chi connectivity index (χ2n) is 3.93. The van der Waals surface area contributed by atoms with Crippen LogP contribution in [0.3, 0.4) is 0 Å². The molecule has 1 aromatic heterocycles. The van der Waals surface area contributed by atoms with Crippen molar-refractivity contribution in [3.8, 4) is 0 Å². The molecule has 1 aliphatic heterocycles. The third-order valence-corrected chi connectivity index (χ3v) is 3.35. The number of likely N-dealkylation sites (N-methyl/N-ethyl adjacent to an activating group) is 1. The van der Waals surface area contributed by atoms with Crippen LogP contribution in [-0.4, -0.2) is 42.0 Å². The molecule has 1 aromatic rings. The Kier molecular flexibility index (Phi) is 3.56. The third-order valence-electron chi connectivity index (χ3n) is 2.88. The summed E-state index contributed by atoms with van der Waals surface area (Å²) >= 11 is 3.25. The van der Waals surface area contributed by atoms with Crippen molar-refractivity contribution in [2.75, 3.05) is 20.1 Å². The van der Waals surface area contributed by atoms with Gasteiger partial charge in [-0.15, -0.1) is 0 Å². The van der Waals surface area contributed by atoms with Crippen molar-refractivity contribution < 1.29 is 4.79 Å². The van der Waals surface area contributed by atoms with E-state index in [9.17, 15) is 4.79 Å². The van der Waals surface area contributed by atoms with Gasteiger partial charge in [0.15, 0.2) is 0 Å². The molecule has 1 N–H and O–H groups in total. The zero-order valence-electron chi connectivity index (χ0n) is 9.11. The third kappa shape index (κ3) is 2.41. The highest BCUT2D eigenvalue weighted by Crippen LogP contribution is 2.12. The lowest BCUT2D eigenvalue weighted by Crippen LogP contribution is -2.38. The summed E-state index contributed by atoms with van der Waals surface area (Å²) in [5.74, 6) is 0.0358. The Balaban J connectivity index is 2.08. The first-order valence-corrected chi connectivity index (χ1v) is 6.07. The van der Waals surface area contributed by atoms with Crippen molar-refractivity contribution >= 4 is 21.8 Å². The average Bonchev–Trinajstić information content (AvgIpc) is 2.81. The molecule has 1 amide bonds. The van der Waals surface area contributed by atoms with Crippen LogP contribution in [0.5, 0.6) is 0 Å². The maximum absolute atomic E-state index is 12.1. The minimum Gasteiger partial charge on any atom is -0.337 e. The SMILES string of the molecule is CN(C(=O)c1ccc(Br)nc1)C1CCNC1. The average molecular weight is 284 g/mol. The summed E-state index contributed by atoms with van der Waals surface area (Å²) in [6.07, 6.45) is 2.62. The molecule has 5 heteroatoms. The summed E-state index contributed by atoms with van der Waals surface area (Å²) in [7, 11) is 1.85. The van der Waals surface area contributed by atoms with Gasteiger partial charge in [-0.2, -0.15) is 0 Å². The maximum atomic E-state index is 12.1. The van der Waals surface area contributed by atoms with E-state index >= 15 is 0 Å². The van der Waals surface area contributed by atoms with E-state index in [4.69, 9.17) is 0 Å². The summed E-state index contributed by atoms with van der Waals surface area (Å²) in [6.45, 7) is 1.87. The first-order chi connectivity index (χ1) is 7.68. The molecule has 2 rings (SSSR count). The first kappa shape index (κ1) is 11.5. The highest BCUT2D eigenvalue weighted by Gasteiger charge is 2.23. The van der Waals surface area contributed by atoms with Gasteiger partial charge in [0.1, 0.15) is 4.60 Å². The van der Waals surface area contributed by atoms with Crippen molar-refractivity contribution in [3.63, 3.8) is 0 Å². The molecule has 0 bridgehead atoms. The van der Waals surface area contributed by atoms with Crippen molar-refractivity contribution in [1.29, 1.82) is 0 Å². The molecule has 0 aliphatic carbocycles. The molecule has 86 valence electrons. The topological polar surface area (TPSA) is 45.2 Å². The number of carbonyl (C=O) groups is 1. The normalized spacial score (nSPS) is 19.8. The highest BCUT2D eigenvalue weighted by atomic mass is 79.9. The van der Waals surface area contributed by atoms with Gasteiger partial charge < -0.3 is 10.2 Å². The van der Waals surface area contributed by atoms with Gasteiger partial charge in [-0.05, 0) is 41.0 Å². The summed E-state index contributed by atoms with van der Waals surface area (Å²) < 4.78 is 0.745. The fourth-order valence-corrected chi connectivity index (χ4v) is 2.08. The first-order valence-electron chi connectivity index (χ1n) is 5.28. The fraction of sp³-hybridized carbons (Fsp3) is 0.455. The van der Waals surface area contributed by atoms with E-state index < -0.39 is 0 Å². The lowest BCUT2D eigenvalue weighted by atomic mass is 10.2. The van der Waals surface area contributed by atoms with Crippen molar-refractivity contribution in [3.05, 3.63) is 28.5 Å². The summed E-state index contributed by atoms with van der Waals surface area (Å²) in [4.78, 5) is 17.9. The van der Waals surface area contributed by atoms with E-state index in [0.29, 0.717) is 11.6 Å². The Bertz CT molecular complexity index is 373. The van der Waals surface area contributed by atoms with Crippen molar-refractivity contribution in [1.82, 2.24) is 15.2 Å². The zero-order valence-corrected chi connectivity index (χ0v) is 10.7. The van der Waals surface area contributed by atoms with E-state index in [-0.39, 0.29) is 5.91 Å². The minimum atomic E-state index is 0.0358. The molecule has 1 atom stereocenters. The van der Waals surface area contributed by atoms with Crippen LogP contribution in [0.2, 0.25) is 0 Å².